The van der Waals surface area contributed by atoms with Crippen LogP contribution in [0, 0.1) is 5.82 Å². The summed E-state index contributed by atoms with van der Waals surface area (Å²) in [5.41, 5.74) is 5.92. The average Bonchev–Trinajstić information content (AvgIpc) is 2.37. The number of amides is 1. The summed E-state index contributed by atoms with van der Waals surface area (Å²) in [6, 6.07) is 8.97. The molecule has 1 aromatic carbocycles. The van der Waals surface area contributed by atoms with E-state index in [-0.39, 0.29) is 17.2 Å². The maximum atomic E-state index is 13.2. The van der Waals surface area contributed by atoms with E-state index >= 15 is 0 Å². The maximum absolute atomic E-state index is 13.2. The van der Waals surface area contributed by atoms with E-state index in [1.165, 1.54) is 11.0 Å². The van der Waals surface area contributed by atoms with E-state index in [9.17, 15) is 9.18 Å². The number of halogens is 1. The molecule has 0 spiro atoms. The van der Waals surface area contributed by atoms with Gasteiger partial charge < -0.3 is 5.73 Å². The maximum Gasteiger partial charge on any atom is 0.259 e. The number of pyridine rings is 1. The van der Waals surface area contributed by atoms with Crippen molar-refractivity contribution in [2.24, 2.45) is 0 Å². The molecule has 0 fully saturated rings. The molecule has 5 heteroatoms. The summed E-state index contributed by atoms with van der Waals surface area (Å²) in [6.45, 7) is 0. The summed E-state index contributed by atoms with van der Waals surface area (Å²) in [5.74, 6) is -0.405. The molecular formula is C13H12FN3O. The zero-order chi connectivity index (χ0) is 13.1. The van der Waals surface area contributed by atoms with E-state index in [2.05, 4.69) is 4.98 Å². The molecule has 18 heavy (non-hydrogen) atoms. The number of nitrogens with zero attached hydrogens (tertiary/aromatic N) is 2. The van der Waals surface area contributed by atoms with Gasteiger partial charge in [-0.15, -0.1) is 0 Å². The first kappa shape index (κ1) is 12.0. The Labute approximate surface area is 104 Å². The Hall–Kier alpha value is -2.43. The highest BCUT2D eigenvalue weighted by atomic mass is 19.1. The van der Waals surface area contributed by atoms with Gasteiger partial charge in [0.15, 0.2) is 0 Å². The van der Waals surface area contributed by atoms with Gasteiger partial charge in [-0.1, -0.05) is 6.07 Å². The molecule has 0 unspecified atom stereocenters. The van der Waals surface area contributed by atoms with Crippen molar-refractivity contribution in [2.75, 3.05) is 17.7 Å². The fourth-order valence-electron chi connectivity index (χ4n) is 1.59. The minimum absolute atomic E-state index is 0.195. The van der Waals surface area contributed by atoms with Gasteiger partial charge in [0.25, 0.3) is 5.91 Å². The monoisotopic (exact) mass is 245 g/mol. The van der Waals surface area contributed by atoms with Gasteiger partial charge >= 0.3 is 0 Å². The van der Waals surface area contributed by atoms with Gasteiger partial charge in [0, 0.05) is 24.5 Å². The van der Waals surface area contributed by atoms with E-state index in [4.69, 9.17) is 5.73 Å². The number of hydrogen-bond donors (Lipinski definition) is 1. The fourth-order valence-corrected chi connectivity index (χ4v) is 1.59. The number of carbonyl (C=O) groups excluding carboxylic acids is 1. The number of benzene rings is 1. The second-order valence-corrected chi connectivity index (χ2v) is 3.83. The summed E-state index contributed by atoms with van der Waals surface area (Å²) < 4.78 is 13.2. The molecular weight excluding hydrogens is 233 g/mol. The summed E-state index contributed by atoms with van der Waals surface area (Å²) in [6.07, 6.45) is 1.58. The second kappa shape index (κ2) is 4.83. The Balaban J connectivity index is 2.31. The van der Waals surface area contributed by atoms with E-state index in [0.717, 1.165) is 12.1 Å². The van der Waals surface area contributed by atoms with Crippen LogP contribution in [0.25, 0.3) is 0 Å². The predicted molar refractivity (Wildman–Crippen MR) is 67.8 cm³/mol. The molecule has 2 rings (SSSR count). The Morgan fingerprint density at radius 1 is 1.33 bits per heavy atom. The van der Waals surface area contributed by atoms with Crippen molar-refractivity contribution in [3.05, 3.63) is 54.0 Å². The molecule has 1 heterocycles. The first-order valence-corrected chi connectivity index (χ1v) is 5.33. The number of aromatic nitrogens is 1. The van der Waals surface area contributed by atoms with Crippen molar-refractivity contribution in [2.45, 2.75) is 0 Å². The van der Waals surface area contributed by atoms with Crippen LogP contribution in [-0.4, -0.2) is 17.9 Å². The van der Waals surface area contributed by atoms with Crippen molar-refractivity contribution in [3.8, 4) is 0 Å². The van der Waals surface area contributed by atoms with Crippen molar-refractivity contribution in [1.82, 2.24) is 4.98 Å². The molecule has 0 radical (unpaired) electrons. The lowest BCUT2D eigenvalue weighted by Crippen LogP contribution is -2.27. The lowest BCUT2D eigenvalue weighted by atomic mass is 10.1. The number of nitrogen functional groups attached to an aromatic ring is 1. The van der Waals surface area contributed by atoms with E-state index in [1.54, 1.807) is 31.4 Å². The Kier molecular flexibility index (Phi) is 3.23. The van der Waals surface area contributed by atoms with Crippen molar-refractivity contribution in [1.29, 1.82) is 0 Å². The van der Waals surface area contributed by atoms with Gasteiger partial charge in [-0.05, 0) is 30.3 Å². The first-order valence-electron chi connectivity index (χ1n) is 5.33. The topological polar surface area (TPSA) is 59.2 Å². The van der Waals surface area contributed by atoms with Crippen molar-refractivity contribution in [3.63, 3.8) is 0 Å². The Morgan fingerprint density at radius 3 is 2.72 bits per heavy atom. The van der Waals surface area contributed by atoms with Crippen LogP contribution < -0.4 is 10.6 Å². The molecule has 1 aromatic heterocycles. The van der Waals surface area contributed by atoms with Crippen LogP contribution in [0.3, 0.4) is 0 Å². The third-order valence-corrected chi connectivity index (χ3v) is 2.46. The molecule has 92 valence electrons. The average molecular weight is 245 g/mol. The highest BCUT2D eigenvalue weighted by molar-refractivity contribution is 6.05. The molecule has 0 saturated carbocycles. The largest absolute Gasteiger partial charge is 0.399 e. The second-order valence-electron chi connectivity index (χ2n) is 3.83. The van der Waals surface area contributed by atoms with E-state index in [1.807, 2.05) is 0 Å². The SMILES string of the molecule is CN(C(=O)c1cc(N)cc(F)c1)c1ccccn1. The van der Waals surface area contributed by atoms with Crippen molar-refractivity contribution < 1.29 is 9.18 Å². The highest BCUT2D eigenvalue weighted by Crippen LogP contribution is 2.15. The number of carbonyl (C=O) groups is 1. The van der Waals surface area contributed by atoms with Crippen LogP contribution in [0.2, 0.25) is 0 Å². The normalized spacial score (nSPS) is 10.1. The summed E-state index contributed by atoms with van der Waals surface area (Å²) in [5, 5.41) is 0. The van der Waals surface area contributed by atoms with Crippen molar-refractivity contribution >= 4 is 17.4 Å². The third-order valence-electron chi connectivity index (χ3n) is 2.46. The van der Waals surface area contributed by atoms with Gasteiger partial charge in [0.1, 0.15) is 11.6 Å². The number of anilines is 2. The fraction of sp³-hybridized carbons (Fsp3) is 0.0769. The molecule has 0 atom stereocenters. The number of hydrogen-bond acceptors (Lipinski definition) is 3. The molecule has 0 bridgehead atoms. The summed E-state index contributed by atoms with van der Waals surface area (Å²) in [7, 11) is 1.58. The minimum Gasteiger partial charge on any atom is -0.399 e. The molecule has 0 saturated heterocycles. The van der Waals surface area contributed by atoms with Gasteiger partial charge in [0.05, 0.1) is 0 Å². The van der Waals surface area contributed by atoms with E-state index in [0.29, 0.717) is 5.82 Å². The van der Waals surface area contributed by atoms with Crippen LogP contribution in [0.4, 0.5) is 15.9 Å². The Morgan fingerprint density at radius 2 is 2.11 bits per heavy atom. The number of nitrogens with two attached hydrogens (primary N) is 1. The quantitative estimate of drug-likeness (QED) is 0.824. The minimum atomic E-state index is -0.534. The van der Waals surface area contributed by atoms with Gasteiger partial charge in [-0.2, -0.15) is 0 Å². The molecule has 2 aromatic rings. The van der Waals surface area contributed by atoms with Crippen LogP contribution in [-0.2, 0) is 0 Å². The van der Waals surface area contributed by atoms with Crippen LogP contribution in [0.5, 0.6) is 0 Å². The van der Waals surface area contributed by atoms with Gasteiger partial charge in [-0.25, -0.2) is 9.37 Å². The zero-order valence-electron chi connectivity index (χ0n) is 9.80. The molecule has 2 N–H and O–H groups in total. The summed E-state index contributed by atoms with van der Waals surface area (Å²) in [4.78, 5) is 17.5. The smallest absolute Gasteiger partial charge is 0.259 e. The molecule has 0 aliphatic carbocycles. The standard InChI is InChI=1S/C13H12FN3O/c1-17(12-4-2-3-5-16-12)13(18)9-6-10(14)8-11(15)7-9/h2-8H,15H2,1H3. The highest BCUT2D eigenvalue weighted by Gasteiger charge is 2.15. The van der Waals surface area contributed by atoms with Crippen LogP contribution >= 0.6 is 0 Å². The Bertz CT molecular complexity index is 551. The lowest BCUT2D eigenvalue weighted by Gasteiger charge is -2.16. The first-order chi connectivity index (χ1) is 8.58. The van der Waals surface area contributed by atoms with Gasteiger partial charge in [-0.3, -0.25) is 9.69 Å². The van der Waals surface area contributed by atoms with E-state index < -0.39 is 5.82 Å². The predicted octanol–water partition coefficient (Wildman–Crippen LogP) is 2.08. The number of rotatable bonds is 2. The molecule has 4 nitrogen and oxygen atoms in total. The van der Waals surface area contributed by atoms with Crippen LogP contribution in [0.15, 0.2) is 42.6 Å². The molecule has 1 amide bonds. The lowest BCUT2D eigenvalue weighted by molar-refractivity contribution is 0.0992. The van der Waals surface area contributed by atoms with Crippen LogP contribution in [0.1, 0.15) is 10.4 Å². The van der Waals surface area contributed by atoms with Gasteiger partial charge in [0.2, 0.25) is 0 Å². The molecule has 0 aliphatic heterocycles. The third kappa shape index (κ3) is 2.45. The molecule has 0 aliphatic rings. The zero-order valence-corrected chi connectivity index (χ0v) is 9.80. The summed E-state index contributed by atoms with van der Waals surface area (Å²) >= 11 is 0.